The van der Waals surface area contributed by atoms with Crippen LogP contribution in [0.4, 0.5) is 0 Å². The molecule has 0 amide bonds. The van der Waals surface area contributed by atoms with E-state index in [1.165, 1.54) is 0 Å². The lowest BCUT2D eigenvalue weighted by Gasteiger charge is -2.37. The second-order valence-electron chi connectivity index (χ2n) is 4.00. The van der Waals surface area contributed by atoms with Crippen LogP contribution < -0.4 is 5.73 Å². The summed E-state index contributed by atoms with van der Waals surface area (Å²) in [6, 6.07) is 0. The summed E-state index contributed by atoms with van der Waals surface area (Å²) in [4.78, 5) is 2.39. The van der Waals surface area contributed by atoms with Gasteiger partial charge in [0, 0.05) is 25.7 Å². The molecule has 3 nitrogen and oxygen atoms in total. The maximum absolute atomic E-state index is 5.73. The molecule has 0 aliphatic carbocycles. The first-order chi connectivity index (χ1) is 6.08. The number of nitrogens with zero attached hydrogens (tertiary/aromatic N) is 1. The molecule has 0 radical (unpaired) electrons. The summed E-state index contributed by atoms with van der Waals surface area (Å²) in [7, 11) is 1.74. The summed E-state index contributed by atoms with van der Waals surface area (Å²) in [6.45, 7) is 10.1. The Morgan fingerprint density at radius 1 is 1.31 bits per heavy atom. The average molecular weight is 188 g/mol. The highest BCUT2D eigenvalue weighted by atomic mass is 16.5. The van der Waals surface area contributed by atoms with Gasteiger partial charge in [0.2, 0.25) is 0 Å². The molecule has 13 heavy (non-hydrogen) atoms. The fourth-order valence-electron chi connectivity index (χ4n) is 1.32. The standard InChI is InChI=1S/C10H24N2O/c1-5-6-12(7-8-13-4)10(2,3)9-11/h5-9,11H2,1-4H3. The predicted octanol–water partition coefficient (Wildman–Crippen LogP) is 1.08. The zero-order chi connectivity index (χ0) is 10.3. The molecule has 2 N–H and O–H groups in total. The van der Waals surface area contributed by atoms with Gasteiger partial charge in [-0.3, -0.25) is 4.90 Å². The van der Waals surface area contributed by atoms with Crippen molar-refractivity contribution in [1.82, 2.24) is 4.90 Å². The lowest BCUT2D eigenvalue weighted by atomic mass is 10.0. The minimum Gasteiger partial charge on any atom is -0.383 e. The van der Waals surface area contributed by atoms with Crippen molar-refractivity contribution in [2.24, 2.45) is 5.73 Å². The van der Waals surface area contributed by atoms with Crippen molar-refractivity contribution in [2.45, 2.75) is 32.7 Å². The van der Waals surface area contributed by atoms with Gasteiger partial charge in [0.15, 0.2) is 0 Å². The lowest BCUT2D eigenvalue weighted by Crippen LogP contribution is -2.50. The van der Waals surface area contributed by atoms with Crippen LogP contribution in [0, 0.1) is 0 Å². The summed E-state index contributed by atoms with van der Waals surface area (Å²) in [6.07, 6.45) is 1.16. The SMILES string of the molecule is CCCN(CCOC)C(C)(C)CN. The summed E-state index contributed by atoms with van der Waals surface area (Å²) in [5.74, 6) is 0. The molecule has 0 spiro atoms. The molecule has 80 valence electrons. The van der Waals surface area contributed by atoms with Gasteiger partial charge in [-0.05, 0) is 26.8 Å². The molecule has 0 heterocycles. The molecule has 0 atom stereocenters. The van der Waals surface area contributed by atoms with E-state index in [-0.39, 0.29) is 5.54 Å². The van der Waals surface area contributed by atoms with Crippen LogP contribution in [0.3, 0.4) is 0 Å². The van der Waals surface area contributed by atoms with E-state index in [4.69, 9.17) is 10.5 Å². The molecular weight excluding hydrogens is 164 g/mol. The highest BCUT2D eigenvalue weighted by Gasteiger charge is 2.23. The Hall–Kier alpha value is -0.120. The first-order valence-electron chi connectivity index (χ1n) is 5.02. The van der Waals surface area contributed by atoms with Crippen molar-refractivity contribution >= 4 is 0 Å². The van der Waals surface area contributed by atoms with Gasteiger partial charge >= 0.3 is 0 Å². The summed E-state index contributed by atoms with van der Waals surface area (Å²) in [5.41, 5.74) is 5.82. The molecule has 0 bridgehead atoms. The fraction of sp³-hybridized carbons (Fsp3) is 1.00. The van der Waals surface area contributed by atoms with Gasteiger partial charge in [0.1, 0.15) is 0 Å². The van der Waals surface area contributed by atoms with Crippen molar-refractivity contribution in [3.63, 3.8) is 0 Å². The van der Waals surface area contributed by atoms with Crippen LogP contribution in [-0.2, 0) is 4.74 Å². The van der Waals surface area contributed by atoms with Crippen molar-refractivity contribution in [1.29, 1.82) is 0 Å². The van der Waals surface area contributed by atoms with Crippen LogP contribution in [0.15, 0.2) is 0 Å². The van der Waals surface area contributed by atoms with E-state index in [0.29, 0.717) is 6.54 Å². The molecule has 0 saturated heterocycles. The molecule has 0 aromatic rings. The van der Waals surface area contributed by atoms with E-state index >= 15 is 0 Å². The first-order valence-corrected chi connectivity index (χ1v) is 5.02. The number of methoxy groups -OCH3 is 1. The Balaban J connectivity index is 4.05. The lowest BCUT2D eigenvalue weighted by molar-refractivity contribution is 0.0815. The van der Waals surface area contributed by atoms with Gasteiger partial charge in [0.05, 0.1) is 6.61 Å². The van der Waals surface area contributed by atoms with Gasteiger partial charge in [-0.25, -0.2) is 0 Å². The minimum atomic E-state index is 0.0918. The number of ether oxygens (including phenoxy) is 1. The summed E-state index contributed by atoms with van der Waals surface area (Å²) in [5, 5.41) is 0. The zero-order valence-corrected chi connectivity index (χ0v) is 9.47. The molecule has 0 aromatic carbocycles. The van der Waals surface area contributed by atoms with Crippen LogP contribution in [0.5, 0.6) is 0 Å². The van der Waals surface area contributed by atoms with Crippen LogP contribution in [-0.4, -0.2) is 43.8 Å². The Morgan fingerprint density at radius 3 is 2.31 bits per heavy atom. The Kier molecular flexibility index (Phi) is 6.29. The van der Waals surface area contributed by atoms with Gasteiger partial charge in [-0.15, -0.1) is 0 Å². The first kappa shape index (κ1) is 12.9. The zero-order valence-electron chi connectivity index (χ0n) is 9.47. The number of hydrogen-bond acceptors (Lipinski definition) is 3. The van der Waals surface area contributed by atoms with Crippen LogP contribution in [0.2, 0.25) is 0 Å². The van der Waals surface area contributed by atoms with Gasteiger partial charge in [-0.1, -0.05) is 6.92 Å². The molecule has 0 aliphatic heterocycles. The fourth-order valence-corrected chi connectivity index (χ4v) is 1.32. The maximum Gasteiger partial charge on any atom is 0.0589 e. The Bertz CT molecular complexity index is 126. The molecule has 3 heteroatoms. The normalized spacial score (nSPS) is 12.5. The van der Waals surface area contributed by atoms with E-state index in [1.54, 1.807) is 7.11 Å². The van der Waals surface area contributed by atoms with Crippen LogP contribution >= 0.6 is 0 Å². The van der Waals surface area contributed by atoms with E-state index in [1.807, 2.05) is 0 Å². The third-order valence-corrected chi connectivity index (χ3v) is 2.41. The smallest absolute Gasteiger partial charge is 0.0589 e. The number of hydrogen-bond donors (Lipinski definition) is 1. The summed E-state index contributed by atoms with van der Waals surface area (Å²) >= 11 is 0. The van der Waals surface area contributed by atoms with Gasteiger partial charge in [0.25, 0.3) is 0 Å². The predicted molar refractivity (Wildman–Crippen MR) is 56.9 cm³/mol. The number of nitrogens with two attached hydrogens (primary N) is 1. The highest BCUT2D eigenvalue weighted by molar-refractivity contribution is 4.81. The second kappa shape index (κ2) is 6.35. The van der Waals surface area contributed by atoms with E-state index < -0.39 is 0 Å². The largest absolute Gasteiger partial charge is 0.383 e. The van der Waals surface area contributed by atoms with Crippen molar-refractivity contribution in [3.05, 3.63) is 0 Å². The van der Waals surface area contributed by atoms with Crippen molar-refractivity contribution in [2.75, 3.05) is 33.4 Å². The number of rotatable bonds is 7. The van der Waals surface area contributed by atoms with Crippen molar-refractivity contribution in [3.8, 4) is 0 Å². The Labute approximate surface area is 82.2 Å². The molecule has 0 aromatic heterocycles. The third-order valence-electron chi connectivity index (χ3n) is 2.41. The second-order valence-corrected chi connectivity index (χ2v) is 4.00. The maximum atomic E-state index is 5.73. The van der Waals surface area contributed by atoms with E-state index in [0.717, 1.165) is 26.1 Å². The molecule has 0 saturated carbocycles. The van der Waals surface area contributed by atoms with E-state index in [2.05, 4.69) is 25.7 Å². The highest BCUT2D eigenvalue weighted by Crippen LogP contribution is 2.12. The summed E-state index contributed by atoms with van der Waals surface area (Å²) < 4.78 is 5.08. The molecule has 0 unspecified atom stereocenters. The quantitative estimate of drug-likeness (QED) is 0.650. The van der Waals surface area contributed by atoms with Gasteiger partial charge < -0.3 is 10.5 Å². The van der Waals surface area contributed by atoms with Gasteiger partial charge in [-0.2, -0.15) is 0 Å². The third kappa shape index (κ3) is 4.60. The van der Waals surface area contributed by atoms with Crippen molar-refractivity contribution < 1.29 is 4.74 Å². The molecule has 0 fully saturated rings. The van der Waals surface area contributed by atoms with Crippen LogP contribution in [0.1, 0.15) is 27.2 Å². The minimum absolute atomic E-state index is 0.0918. The van der Waals surface area contributed by atoms with Crippen LogP contribution in [0.25, 0.3) is 0 Å². The monoisotopic (exact) mass is 188 g/mol. The Morgan fingerprint density at radius 2 is 1.92 bits per heavy atom. The molecular formula is C10H24N2O. The average Bonchev–Trinajstić information content (AvgIpc) is 2.12. The topological polar surface area (TPSA) is 38.5 Å². The molecule has 0 aliphatic rings. The molecule has 0 rings (SSSR count). The van der Waals surface area contributed by atoms with E-state index in [9.17, 15) is 0 Å².